The topological polar surface area (TPSA) is 61.8 Å². The number of aliphatic hydroxyl groups is 1. The first-order valence-corrected chi connectivity index (χ1v) is 6.85. The van der Waals surface area contributed by atoms with Crippen LogP contribution in [-0.2, 0) is 0 Å². The average molecular weight is 318 g/mol. The standard InChI is InChI=1S/C14H17F3N2O3/c1-8-4-5-19(7-11(8)20)14(21)18-10-6-9(15)2-3-12(10)22-13(16)17/h2-3,6,8,11,13,20H,4-5,7H2,1H3,(H,18,21). The van der Waals surface area contributed by atoms with Crippen LogP contribution in [0.4, 0.5) is 23.7 Å². The molecule has 8 heteroatoms. The first-order valence-electron chi connectivity index (χ1n) is 6.85. The Hall–Kier alpha value is -1.96. The summed E-state index contributed by atoms with van der Waals surface area (Å²) in [4.78, 5) is 13.5. The summed E-state index contributed by atoms with van der Waals surface area (Å²) in [5.74, 6) is -0.934. The minimum Gasteiger partial charge on any atom is -0.433 e. The fraction of sp³-hybridized carbons (Fsp3) is 0.500. The van der Waals surface area contributed by atoms with Crippen molar-refractivity contribution >= 4 is 11.7 Å². The smallest absolute Gasteiger partial charge is 0.387 e. The monoisotopic (exact) mass is 318 g/mol. The normalized spacial score (nSPS) is 21.8. The summed E-state index contributed by atoms with van der Waals surface area (Å²) in [6, 6.07) is 2.28. The number of β-amino-alcohol motifs (C(OH)–C–C–N with tert-alkyl or cyclic N) is 1. The van der Waals surface area contributed by atoms with Gasteiger partial charge < -0.3 is 20.1 Å². The van der Waals surface area contributed by atoms with E-state index in [1.165, 1.54) is 4.90 Å². The molecule has 1 fully saturated rings. The highest BCUT2D eigenvalue weighted by atomic mass is 19.3. The average Bonchev–Trinajstić information content (AvgIpc) is 2.44. The van der Waals surface area contributed by atoms with Crippen LogP contribution < -0.4 is 10.1 Å². The summed E-state index contributed by atoms with van der Waals surface area (Å²) in [5, 5.41) is 12.1. The van der Waals surface area contributed by atoms with Crippen molar-refractivity contribution < 1.29 is 27.8 Å². The number of alkyl halides is 2. The van der Waals surface area contributed by atoms with Crippen LogP contribution in [0, 0.1) is 11.7 Å². The number of hydrogen-bond donors (Lipinski definition) is 2. The molecule has 0 radical (unpaired) electrons. The van der Waals surface area contributed by atoms with E-state index in [0.717, 1.165) is 18.2 Å². The number of nitrogens with one attached hydrogen (secondary N) is 1. The van der Waals surface area contributed by atoms with E-state index in [9.17, 15) is 23.1 Å². The molecule has 0 saturated carbocycles. The molecule has 122 valence electrons. The lowest BCUT2D eigenvalue weighted by molar-refractivity contribution is -0.0494. The number of aliphatic hydroxyl groups excluding tert-OH is 1. The van der Waals surface area contributed by atoms with E-state index in [1.54, 1.807) is 0 Å². The molecular formula is C14H17F3N2O3. The Morgan fingerprint density at radius 3 is 2.86 bits per heavy atom. The number of benzene rings is 1. The highest BCUT2D eigenvalue weighted by Gasteiger charge is 2.27. The van der Waals surface area contributed by atoms with Gasteiger partial charge in [0, 0.05) is 19.2 Å². The Balaban J connectivity index is 2.09. The number of carbonyl (C=O) groups is 1. The second-order valence-corrected chi connectivity index (χ2v) is 5.23. The van der Waals surface area contributed by atoms with Crippen molar-refractivity contribution in [2.75, 3.05) is 18.4 Å². The number of likely N-dealkylation sites (tertiary alicyclic amines) is 1. The van der Waals surface area contributed by atoms with Gasteiger partial charge in [-0.2, -0.15) is 8.78 Å². The van der Waals surface area contributed by atoms with Gasteiger partial charge in [-0.3, -0.25) is 0 Å². The Bertz CT molecular complexity index is 542. The zero-order valence-electron chi connectivity index (χ0n) is 11.9. The molecule has 1 heterocycles. The number of anilines is 1. The fourth-order valence-electron chi connectivity index (χ4n) is 2.23. The van der Waals surface area contributed by atoms with Crippen LogP contribution in [0.25, 0.3) is 0 Å². The van der Waals surface area contributed by atoms with Crippen LogP contribution in [0.15, 0.2) is 18.2 Å². The molecular weight excluding hydrogens is 301 g/mol. The van der Waals surface area contributed by atoms with Crippen molar-refractivity contribution in [3.05, 3.63) is 24.0 Å². The molecule has 0 aromatic heterocycles. The third-order valence-corrected chi connectivity index (χ3v) is 3.61. The second-order valence-electron chi connectivity index (χ2n) is 5.23. The number of hydrogen-bond acceptors (Lipinski definition) is 3. The van der Waals surface area contributed by atoms with E-state index < -0.39 is 24.6 Å². The maximum Gasteiger partial charge on any atom is 0.387 e. The largest absolute Gasteiger partial charge is 0.433 e. The highest BCUT2D eigenvalue weighted by Crippen LogP contribution is 2.28. The first kappa shape index (κ1) is 16.4. The molecule has 1 aliphatic rings. The summed E-state index contributed by atoms with van der Waals surface area (Å²) >= 11 is 0. The van der Waals surface area contributed by atoms with Crippen LogP contribution in [0.5, 0.6) is 5.75 Å². The molecule has 1 aliphatic heterocycles. The third-order valence-electron chi connectivity index (χ3n) is 3.61. The van der Waals surface area contributed by atoms with Crippen LogP contribution in [0.2, 0.25) is 0 Å². The van der Waals surface area contributed by atoms with Gasteiger partial charge in [0.1, 0.15) is 11.6 Å². The molecule has 2 atom stereocenters. The Morgan fingerprint density at radius 1 is 1.50 bits per heavy atom. The van der Waals surface area contributed by atoms with Gasteiger partial charge in [0.25, 0.3) is 0 Å². The molecule has 2 rings (SSSR count). The molecule has 0 bridgehead atoms. The molecule has 1 aromatic carbocycles. The zero-order chi connectivity index (χ0) is 16.3. The zero-order valence-corrected chi connectivity index (χ0v) is 11.9. The maximum atomic E-state index is 13.2. The van der Waals surface area contributed by atoms with Gasteiger partial charge in [0.05, 0.1) is 11.8 Å². The van der Waals surface area contributed by atoms with Gasteiger partial charge in [0.2, 0.25) is 0 Å². The van der Waals surface area contributed by atoms with Crippen molar-refractivity contribution in [2.45, 2.75) is 26.1 Å². The lowest BCUT2D eigenvalue weighted by atomic mass is 9.96. The molecule has 1 aromatic rings. The quantitative estimate of drug-likeness (QED) is 0.901. The first-order chi connectivity index (χ1) is 10.4. The molecule has 22 heavy (non-hydrogen) atoms. The van der Waals surface area contributed by atoms with Crippen LogP contribution >= 0.6 is 0 Å². The number of halogens is 3. The number of nitrogens with zero attached hydrogens (tertiary/aromatic N) is 1. The van der Waals surface area contributed by atoms with Gasteiger partial charge in [-0.15, -0.1) is 0 Å². The van der Waals surface area contributed by atoms with Gasteiger partial charge >= 0.3 is 12.6 Å². The Kier molecular flexibility index (Phi) is 5.12. The van der Waals surface area contributed by atoms with Gasteiger partial charge in [-0.25, -0.2) is 9.18 Å². The number of amides is 2. The molecule has 0 aliphatic carbocycles. The van der Waals surface area contributed by atoms with Crippen LogP contribution in [0.3, 0.4) is 0 Å². The van der Waals surface area contributed by atoms with Gasteiger partial charge in [0.15, 0.2) is 0 Å². The highest BCUT2D eigenvalue weighted by molar-refractivity contribution is 5.91. The minimum atomic E-state index is -3.08. The molecule has 2 N–H and O–H groups in total. The lowest BCUT2D eigenvalue weighted by Gasteiger charge is -2.34. The van der Waals surface area contributed by atoms with Crippen molar-refractivity contribution in [3.8, 4) is 5.75 Å². The maximum absolute atomic E-state index is 13.2. The predicted molar refractivity (Wildman–Crippen MR) is 73.4 cm³/mol. The number of urea groups is 1. The number of rotatable bonds is 3. The Labute approximate surface area is 125 Å². The molecule has 5 nitrogen and oxygen atoms in total. The SMILES string of the molecule is CC1CCN(C(=O)Nc2cc(F)ccc2OC(F)F)CC1O. The van der Waals surface area contributed by atoms with E-state index >= 15 is 0 Å². The lowest BCUT2D eigenvalue weighted by Crippen LogP contribution is -2.47. The van der Waals surface area contributed by atoms with Gasteiger partial charge in [-0.1, -0.05) is 6.92 Å². The van der Waals surface area contributed by atoms with Crippen molar-refractivity contribution in [2.24, 2.45) is 5.92 Å². The van der Waals surface area contributed by atoms with Gasteiger partial charge in [-0.05, 0) is 24.5 Å². The summed E-state index contributed by atoms with van der Waals surface area (Å²) < 4.78 is 42.1. The summed E-state index contributed by atoms with van der Waals surface area (Å²) in [6.45, 7) is -0.655. The number of piperidine rings is 1. The van der Waals surface area contributed by atoms with E-state index in [4.69, 9.17) is 0 Å². The third kappa shape index (κ3) is 4.03. The second kappa shape index (κ2) is 6.87. The van der Waals surface area contributed by atoms with E-state index in [-0.39, 0.29) is 23.9 Å². The number of ether oxygens (including phenoxy) is 1. The van der Waals surface area contributed by atoms with Crippen LogP contribution in [-0.4, -0.2) is 41.8 Å². The molecule has 0 spiro atoms. The summed E-state index contributed by atoms with van der Waals surface area (Å²) in [7, 11) is 0. The van der Waals surface area contributed by atoms with E-state index in [1.807, 2.05) is 6.92 Å². The summed E-state index contributed by atoms with van der Waals surface area (Å²) in [6.07, 6.45) is -0.0261. The van der Waals surface area contributed by atoms with Crippen molar-refractivity contribution in [3.63, 3.8) is 0 Å². The predicted octanol–water partition coefficient (Wildman–Crippen LogP) is 2.66. The molecule has 2 amide bonds. The van der Waals surface area contributed by atoms with Crippen molar-refractivity contribution in [1.29, 1.82) is 0 Å². The molecule has 2 unspecified atom stereocenters. The fourth-order valence-corrected chi connectivity index (χ4v) is 2.23. The molecule has 1 saturated heterocycles. The summed E-state index contributed by atoms with van der Waals surface area (Å²) in [5.41, 5.74) is -0.182. The van der Waals surface area contributed by atoms with E-state index in [0.29, 0.717) is 13.0 Å². The Morgan fingerprint density at radius 2 is 2.23 bits per heavy atom. The van der Waals surface area contributed by atoms with Crippen molar-refractivity contribution in [1.82, 2.24) is 4.90 Å². The minimum absolute atomic E-state index is 0.0796. The van der Waals surface area contributed by atoms with Crippen LogP contribution in [0.1, 0.15) is 13.3 Å². The number of carbonyl (C=O) groups excluding carboxylic acids is 1. The van der Waals surface area contributed by atoms with E-state index in [2.05, 4.69) is 10.1 Å².